The number of allylic oxidation sites excluding steroid dienone is 1. The Bertz CT molecular complexity index is 768. The first-order valence-electron chi connectivity index (χ1n) is 12.0. The lowest BCUT2D eigenvalue weighted by atomic mass is 9.45. The van der Waals surface area contributed by atoms with Crippen molar-refractivity contribution < 1.29 is 14.3 Å². The molecule has 1 heterocycles. The van der Waals surface area contributed by atoms with E-state index in [0.717, 1.165) is 49.4 Å². The molecule has 1 spiro atoms. The first kappa shape index (κ1) is 17.7. The van der Waals surface area contributed by atoms with E-state index in [1.54, 1.807) is 0 Å². The minimum Gasteiger partial charge on any atom is -0.458 e. The molecule has 3 heteroatoms. The molecule has 0 bridgehead atoms. The van der Waals surface area contributed by atoms with Crippen LogP contribution in [0.4, 0.5) is 0 Å². The van der Waals surface area contributed by atoms with Crippen molar-refractivity contribution in [1.82, 2.24) is 0 Å². The lowest BCUT2D eigenvalue weighted by Gasteiger charge is -2.60. The van der Waals surface area contributed by atoms with Crippen molar-refractivity contribution in [3.63, 3.8) is 0 Å². The number of hydrogen-bond acceptors (Lipinski definition) is 3. The highest BCUT2D eigenvalue weighted by atomic mass is 16.6. The van der Waals surface area contributed by atoms with Gasteiger partial charge < -0.3 is 4.74 Å². The summed E-state index contributed by atoms with van der Waals surface area (Å²) in [5, 5.41) is 0. The summed E-state index contributed by atoms with van der Waals surface area (Å²) in [6.45, 7) is 4.74. The lowest BCUT2D eigenvalue weighted by molar-refractivity contribution is -0.182. The average Bonchev–Trinajstić information content (AvgIpc) is 3.34. The third-order valence-electron chi connectivity index (χ3n) is 10.4. The van der Waals surface area contributed by atoms with E-state index in [-0.39, 0.29) is 17.0 Å². The summed E-state index contributed by atoms with van der Waals surface area (Å²) >= 11 is 0. The van der Waals surface area contributed by atoms with Crippen molar-refractivity contribution in [3.8, 4) is 0 Å². The second-order valence-electron chi connectivity index (χ2n) is 10.9. The molecule has 1 aliphatic heterocycles. The van der Waals surface area contributed by atoms with Crippen LogP contribution >= 0.6 is 0 Å². The fourth-order valence-electron chi connectivity index (χ4n) is 9.58. The molecule has 9 unspecified atom stereocenters. The largest absolute Gasteiger partial charge is 0.458 e. The summed E-state index contributed by atoms with van der Waals surface area (Å²) in [5.74, 6) is 5.51. The molecule has 4 saturated carbocycles. The Balaban J connectivity index is 1.43. The summed E-state index contributed by atoms with van der Waals surface area (Å²) < 4.78 is 6.30. The predicted octanol–water partition coefficient (Wildman–Crippen LogP) is 5.09. The molecule has 3 nitrogen and oxygen atoms in total. The first-order chi connectivity index (χ1) is 13.5. The number of carbonyl (C=O) groups is 2. The Hall–Kier alpha value is -1.12. The zero-order valence-corrected chi connectivity index (χ0v) is 17.4. The Morgan fingerprint density at radius 3 is 2.68 bits per heavy atom. The van der Waals surface area contributed by atoms with Crippen LogP contribution in [0.1, 0.15) is 78.1 Å². The maximum absolute atomic E-state index is 12.3. The van der Waals surface area contributed by atoms with E-state index in [2.05, 4.69) is 13.8 Å². The van der Waals surface area contributed by atoms with Crippen LogP contribution < -0.4 is 0 Å². The minimum absolute atomic E-state index is 0.0629. The van der Waals surface area contributed by atoms with E-state index >= 15 is 0 Å². The van der Waals surface area contributed by atoms with Crippen LogP contribution in [0.25, 0.3) is 0 Å². The molecular weight excluding hydrogens is 348 g/mol. The van der Waals surface area contributed by atoms with E-state index in [4.69, 9.17) is 4.74 Å². The number of ketones is 1. The van der Waals surface area contributed by atoms with Gasteiger partial charge in [-0.25, -0.2) is 0 Å². The van der Waals surface area contributed by atoms with Crippen LogP contribution in [-0.2, 0) is 14.3 Å². The number of carbonyl (C=O) groups excluding carboxylic acids is 2. The number of rotatable bonds is 2. The van der Waals surface area contributed by atoms with Crippen LogP contribution in [0, 0.1) is 46.8 Å². The van der Waals surface area contributed by atoms with Gasteiger partial charge >= 0.3 is 5.97 Å². The molecule has 28 heavy (non-hydrogen) atoms. The van der Waals surface area contributed by atoms with Gasteiger partial charge in [-0.05, 0) is 86.5 Å². The maximum atomic E-state index is 12.3. The quantitative estimate of drug-likeness (QED) is 0.625. The van der Waals surface area contributed by atoms with Gasteiger partial charge in [-0.1, -0.05) is 25.8 Å². The van der Waals surface area contributed by atoms with Gasteiger partial charge in [0.25, 0.3) is 0 Å². The maximum Gasteiger partial charge on any atom is 0.306 e. The third-order valence-corrected chi connectivity index (χ3v) is 10.4. The Kier molecular flexibility index (Phi) is 3.62. The molecule has 0 aromatic carbocycles. The zero-order chi connectivity index (χ0) is 19.3. The fourth-order valence-corrected chi connectivity index (χ4v) is 9.58. The highest BCUT2D eigenvalue weighted by molar-refractivity contribution is 5.91. The van der Waals surface area contributed by atoms with E-state index in [1.807, 2.05) is 6.08 Å². The van der Waals surface area contributed by atoms with Gasteiger partial charge in [0.05, 0.1) is 0 Å². The SMILES string of the molecule is CCC1CC2=CC(=O)CCC2C2CCC3(CC)C(C4CC4C34CCC(=O)O4)C12. The molecule has 0 aromatic rings. The molecule has 0 amide bonds. The third kappa shape index (κ3) is 1.97. The highest BCUT2D eigenvalue weighted by Gasteiger charge is 2.79. The van der Waals surface area contributed by atoms with Gasteiger partial charge in [0.1, 0.15) is 5.60 Å². The van der Waals surface area contributed by atoms with E-state index < -0.39 is 0 Å². The minimum atomic E-state index is -0.129. The topological polar surface area (TPSA) is 43.4 Å². The van der Waals surface area contributed by atoms with Crippen LogP contribution in [0.3, 0.4) is 0 Å². The van der Waals surface area contributed by atoms with Crippen LogP contribution in [0.2, 0.25) is 0 Å². The Morgan fingerprint density at radius 1 is 1.11 bits per heavy atom. The summed E-state index contributed by atoms with van der Waals surface area (Å²) in [4.78, 5) is 24.3. The van der Waals surface area contributed by atoms with Gasteiger partial charge in [0.15, 0.2) is 5.78 Å². The molecule has 5 fully saturated rings. The number of ether oxygens (including phenoxy) is 1. The predicted molar refractivity (Wildman–Crippen MR) is 106 cm³/mol. The van der Waals surface area contributed by atoms with Crippen molar-refractivity contribution in [2.75, 3.05) is 0 Å². The number of fused-ring (bicyclic) bond motifs is 9. The van der Waals surface area contributed by atoms with Crippen molar-refractivity contribution in [1.29, 1.82) is 0 Å². The number of hydrogen-bond donors (Lipinski definition) is 0. The Morgan fingerprint density at radius 2 is 1.96 bits per heavy atom. The molecule has 0 radical (unpaired) electrons. The van der Waals surface area contributed by atoms with Crippen molar-refractivity contribution in [3.05, 3.63) is 11.6 Å². The van der Waals surface area contributed by atoms with Gasteiger partial charge in [0.2, 0.25) is 0 Å². The van der Waals surface area contributed by atoms with Gasteiger partial charge in [0, 0.05) is 24.2 Å². The van der Waals surface area contributed by atoms with Crippen LogP contribution in [0.15, 0.2) is 11.6 Å². The lowest BCUT2D eigenvalue weighted by Crippen LogP contribution is -2.57. The van der Waals surface area contributed by atoms with E-state index in [0.29, 0.717) is 30.0 Å². The smallest absolute Gasteiger partial charge is 0.306 e. The molecule has 152 valence electrons. The average molecular weight is 383 g/mol. The zero-order valence-electron chi connectivity index (χ0n) is 17.4. The highest BCUT2D eigenvalue weighted by Crippen LogP contribution is 2.79. The van der Waals surface area contributed by atoms with Gasteiger partial charge in [-0.3, -0.25) is 9.59 Å². The van der Waals surface area contributed by atoms with Gasteiger partial charge in [-0.2, -0.15) is 0 Å². The summed E-state index contributed by atoms with van der Waals surface area (Å²) in [5.41, 5.74) is 1.59. The van der Waals surface area contributed by atoms with Crippen molar-refractivity contribution in [2.45, 2.75) is 83.7 Å². The van der Waals surface area contributed by atoms with Crippen molar-refractivity contribution in [2.24, 2.45) is 46.8 Å². The summed E-state index contributed by atoms with van der Waals surface area (Å²) in [7, 11) is 0. The molecule has 0 aromatic heterocycles. The second-order valence-corrected chi connectivity index (χ2v) is 10.9. The standard InChI is InChI=1S/C25H34O3/c1-3-14-11-15-12-16(26)5-6-17(15)18-7-9-24(4-2)23(22(14)18)19-13-20(19)25(24)10-8-21(27)28-25/h12,14,17-20,22-23H,3-11,13H2,1-2H3. The monoisotopic (exact) mass is 382 g/mol. The molecule has 0 N–H and O–H groups in total. The number of esters is 1. The van der Waals surface area contributed by atoms with E-state index in [9.17, 15) is 9.59 Å². The molecule has 6 rings (SSSR count). The molecule has 5 aliphatic carbocycles. The van der Waals surface area contributed by atoms with Crippen LogP contribution in [-0.4, -0.2) is 17.4 Å². The first-order valence-corrected chi connectivity index (χ1v) is 12.0. The molecule has 9 atom stereocenters. The molecule has 6 aliphatic rings. The molecule has 1 saturated heterocycles. The van der Waals surface area contributed by atoms with Crippen molar-refractivity contribution >= 4 is 11.8 Å². The Labute approximate surface area is 168 Å². The second kappa shape index (κ2) is 5.73. The molecular formula is C25H34O3. The van der Waals surface area contributed by atoms with Crippen LogP contribution in [0.5, 0.6) is 0 Å². The fraction of sp³-hybridized carbons (Fsp3) is 0.840. The summed E-state index contributed by atoms with van der Waals surface area (Å²) in [6.07, 6.45) is 12.8. The normalized spacial score (nSPS) is 53.8. The summed E-state index contributed by atoms with van der Waals surface area (Å²) in [6, 6.07) is 0. The van der Waals surface area contributed by atoms with Gasteiger partial charge in [-0.15, -0.1) is 0 Å². The van der Waals surface area contributed by atoms with E-state index in [1.165, 1.54) is 37.7 Å².